The summed E-state index contributed by atoms with van der Waals surface area (Å²) in [5.41, 5.74) is 0.215. The Morgan fingerprint density at radius 3 is 1.49 bits per heavy atom. The fraction of sp³-hybridized carbons (Fsp3) is 0.714. The number of amides is 5. The maximum atomic E-state index is 11.5. The molecule has 2 saturated heterocycles. The summed E-state index contributed by atoms with van der Waals surface area (Å²) in [7, 11) is 0. The Hall–Kier alpha value is -3.88. The number of ether oxygens (including phenoxy) is 2. The van der Waals surface area contributed by atoms with E-state index in [1.165, 1.54) is 0 Å². The van der Waals surface area contributed by atoms with Crippen LogP contribution in [-0.4, -0.2) is 83.9 Å². The summed E-state index contributed by atoms with van der Waals surface area (Å²) in [6.07, 6.45) is 0.459. The van der Waals surface area contributed by atoms with E-state index < -0.39 is 60.3 Å². The lowest BCUT2D eigenvalue weighted by molar-refractivity contribution is -0.198. The van der Waals surface area contributed by atoms with Crippen molar-refractivity contribution in [3.8, 4) is 0 Å². The van der Waals surface area contributed by atoms with Crippen molar-refractivity contribution in [2.24, 2.45) is 10.8 Å². The second-order valence-electron chi connectivity index (χ2n) is 12.2. The normalized spacial score (nSPS) is 15.2. The van der Waals surface area contributed by atoms with Gasteiger partial charge in [-0.2, -0.15) is 0 Å². The Bertz CT molecular complexity index is 1030. The van der Waals surface area contributed by atoms with Gasteiger partial charge in [-0.1, -0.05) is 41.5 Å². The number of nitrogens with one attached hydrogen (secondary N) is 1. The van der Waals surface area contributed by atoms with Gasteiger partial charge in [0, 0.05) is 38.8 Å². The van der Waals surface area contributed by atoms with Gasteiger partial charge in [0.1, 0.15) is 12.8 Å². The van der Waals surface area contributed by atoms with Crippen molar-refractivity contribution in [2.45, 2.75) is 92.9 Å². The number of esters is 1. The highest BCUT2D eigenvalue weighted by atomic mass is 16.7. The molecular weight excluding hydrogens is 570 g/mol. The Morgan fingerprint density at radius 1 is 0.628 bits per heavy atom. The molecule has 0 aromatic carbocycles. The topological polar surface area (TPSA) is 192 Å². The SMILES string of the molecule is CC(C)(C)CCOC(=O)CC(=O)ON1C(=O)CCC1=O.CC(C)(C)CCOCCNC(=O)CC(=O)ON1C(=O)CCC1=O. The van der Waals surface area contributed by atoms with Crippen molar-refractivity contribution in [1.29, 1.82) is 0 Å². The summed E-state index contributed by atoms with van der Waals surface area (Å²) in [6, 6.07) is 0. The minimum Gasteiger partial charge on any atom is -0.465 e. The molecule has 0 aromatic rings. The van der Waals surface area contributed by atoms with Crippen LogP contribution in [-0.2, 0) is 57.5 Å². The van der Waals surface area contributed by atoms with Crippen molar-refractivity contribution in [3.05, 3.63) is 0 Å². The van der Waals surface area contributed by atoms with Crippen LogP contribution in [0.25, 0.3) is 0 Å². The van der Waals surface area contributed by atoms with E-state index in [1.807, 2.05) is 20.8 Å². The third-order valence-corrected chi connectivity index (χ3v) is 5.67. The fourth-order valence-corrected chi connectivity index (χ4v) is 3.16. The minimum absolute atomic E-state index is 0.0160. The number of carbonyl (C=O) groups is 8. The van der Waals surface area contributed by atoms with Crippen molar-refractivity contribution in [2.75, 3.05) is 26.4 Å². The van der Waals surface area contributed by atoms with E-state index in [4.69, 9.17) is 9.47 Å². The smallest absolute Gasteiger partial charge is 0.344 e. The molecule has 0 saturated carbocycles. The Balaban J connectivity index is 0.000000434. The zero-order chi connectivity index (χ0) is 32.8. The predicted molar refractivity (Wildman–Crippen MR) is 147 cm³/mol. The van der Waals surface area contributed by atoms with Gasteiger partial charge in [0.05, 0.1) is 13.2 Å². The molecule has 0 spiro atoms. The van der Waals surface area contributed by atoms with Crippen LogP contribution in [0.4, 0.5) is 0 Å². The quantitative estimate of drug-likeness (QED) is 0.136. The van der Waals surface area contributed by atoms with E-state index in [0.717, 1.165) is 6.42 Å². The molecule has 0 aliphatic carbocycles. The molecule has 43 heavy (non-hydrogen) atoms. The highest BCUT2D eigenvalue weighted by Crippen LogP contribution is 2.19. The van der Waals surface area contributed by atoms with Gasteiger partial charge < -0.3 is 24.5 Å². The summed E-state index contributed by atoms with van der Waals surface area (Å²) in [5.74, 6) is -5.51. The Kier molecular flexibility index (Phi) is 14.9. The molecule has 5 amide bonds. The van der Waals surface area contributed by atoms with Crippen LogP contribution in [0.3, 0.4) is 0 Å². The van der Waals surface area contributed by atoms with E-state index in [-0.39, 0.29) is 49.7 Å². The Morgan fingerprint density at radius 2 is 1.05 bits per heavy atom. The average Bonchev–Trinajstić information content (AvgIpc) is 3.35. The van der Waals surface area contributed by atoms with Crippen LogP contribution < -0.4 is 5.32 Å². The van der Waals surface area contributed by atoms with Crippen LogP contribution in [0.15, 0.2) is 0 Å². The van der Waals surface area contributed by atoms with E-state index in [0.29, 0.717) is 29.8 Å². The summed E-state index contributed by atoms with van der Waals surface area (Å²) in [4.78, 5) is 99.8. The zero-order valence-corrected chi connectivity index (χ0v) is 25.8. The van der Waals surface area contributed by atoms with Gasteiger partial charge in [0.2, 0.25) is 5.91 Å². The van der Waals surface area contributed by atoms with Gasteiger partial charge in [-0.3, -0.25) is 28.8 Å². The van der Waals surface area contributed by atoms with Gasteiger partial charge in [-0.15, -0.1) is 10.1 Å². The van der Waals surface area contributed by atoms with Gasteiger partial charge in [-0.25, -0.2) is 9.59 Å². The second kappa shape index (κ2) is 17.3. The first kappa shape index (κ1) is 37.1. The first-order chi connectivity index (χ1) is 19.9. The highest BCUT2D eigenvalue weighted by Gasteiger charge is 2.34. The second-order valence-corrected chi connectivity index (χ2v) is 12.2. The standard InChI is InChI=1S/C15H24N2O6.C13H19NO6/c1-15(2,3)6-8-22-9-7-16-11(18)10-14(21)23-17-12(19)4-5-13(17)20;1-13(2,3)6-7-19-11(17)8-12(18)20-14-9(15)4-5-10(14)16/h4-10H2,1-3H3,(H,16,18);4-8H2,1-3H3. The van der Waals surface area contributed by atoms with Crippen molar-refractivity contribution in [1.82, 2.24) is 15.4 Å². The molecule has 2 fully saturated rings. The molecular formula is C28H43N3O12. The van der Waals surface area contributed by atoms with Gasteiger partial charge in [0.25, 0.3) is 23.6 Å². The summed E-state index contributed by atoms with van der Waals surface area (Å²) in [5, 5.41) is 3.33. The molecule has 2 heterocycles. The zero-order valence-electron chi connectivity index (χ0n) is 25.8. The fourth-order valence-electron chi connectivity index (χ4n) is 3.16. The number of nitrogens with zero attached hydrogens (tertiary/aromatic N) is 2. The molecule has 15 nitrogen and oxygen atoms in total. The number of carbonyl (C=O) groups excluding carboxylic acids is 8. The van der Waals surface area contributed by atoms with Crippen molar-refractivity contribution in [3.63, 3.8) is 0 Å². The van der Waals surface area contributed by atoms with Crippen LogP contribution in [0, 0.1) is 10.8 Å². The predicted octanol–water partition coefficient (Wildman–Crippen LogP) is 1.52. The Labute approximate surface area is 250 Å². The lowest BCUT2D eigenvalue weighted by Crippen LogP contribution is -2.35. The monoisotopic (exact) mass is 613 g/mol. The van der Waals surface area contributed by atoms with Gasteiger partial charge in [-0.05, 0) is 23.7 Å². The maximum Gasteiger partial charge on any atom is 0.344 e. The third kappa shape index (κ3) is 16.4. The first-order valence-electron chi connectivity index (χ1n) is 14.0. The van der Waals surface area contributed by atoms with Gasteiger partial charge in [0.15, 0.2) is 0 Å². The molecule has 242 valence electrons. The maximum absolute atomic E-state index is 11.5. The molecule has 0 unspecified atom stereocenters. The van der Waals surface area contributed by atoms with E-state index in [2.05, 4.69) is 35.8 Å². The first-order valence-corrected chi connectivity index (χ1v) is 14.0. The van der Waals surface area contributed by atoms with E-state index >= 15 is 0 Å². The van der Waals surface area contributed by atoms with Crippen LogP contribution in [0.1, 0.15) is 92.9 Å². The minimum atomic E-state index is -0.977. The van der Waals surface area contributed by atoms with Gasteiger partial charge >= 0.3 is 17.9 Å². The van der Waals surface area contributed by atoms with Crippen LogP contribution >= 0.6 is 0 Å². The van der Waals surface area contributed by atoms with Crippen molar-refractivity contribution >= 4 is 47.4 Å². The lowest BCUT2D eigenvalue weighted by Gasteiger charge is -2.17. The van der Waals surface area contributed by atoms with Crippen LogP contribution in [0.5, 0.6) is 0 Å². The molecule has 1 N–H and O–H groups in total. The number of hydrogen-bond acceptors (Lipinski definition) is 12. The molecule has 2 aliphatic rings. The lowest BCUT2D eigenvalue weighted by atomic mass is 9.93. The largest absolute Gasteiger partial charge is 0.465 e. The highest BCUT2D eigenvalue weighted by molar-refractivity contribution is 6.03. The third-order valence-electron chi connectivity index (χ3n) is 5.67. The van der Waals surface area contributed by atoms with E-state index in [9.17, 15) is 38.4 Å². The summed E-state index contributed by atoms with van der Waals surface area (Å²) >= 11 is 0. The number of hydrogen-bond donors (Lipinski definition) is 1. The average molecular weight is 614 g/mol. The van der Waals surface area contributed by atoms with Crippen LogP contribution in [0.2, 0.25) is 0 Å². The number of rotatable bonds is 13. The summed E-state index contributed by atoms with van der Waals surface area (Å²) in [6.45, 7) is 13.8. The number of hydroxylamine groups is 4. The summed E-state index contributed by atoms with van der Waals surface area (Å²) < 4.78 is 10.3. The van der Waals surface area contributed by atoms with Crippen molar-refractivity contribution < 1.29 is 57.5 Å². The molecule has 0 aromatic heterocycles. The molecule has 0 radical (unpaired) electrons. The molecule has 2 rings (SSSR count). The van der Waals surface area contributed by atoms with E-state index in [1.54, 1.807) is 0 Å². The molecule has 0 bridgehead atoms. The molecule has 0 atom stereocenters. The molecule has 15 heteroatoms. The molecule has 2 aliphatic heterocycles. The number of imide groups is 2.